The van der Waals surface area contributed by atoms with Gasteiger partial charge in [0.1, 0.15) is 11.5 Å². The van der Waals surface area contributed by atoms with Crippen molar-refractivity contribution < 1.29 is 9.52 Å². The highest BCUT2D eigenvalue weighted by Gasteiger charge is 2.08. The van der Waals surface area contributed by atoms with Crippen molar-refractivity contribution in [2.24, 2.45) is 0 Å². The SMILES string of the molecule is CC(O)Cc1ccc(-c2ccc(Cl)c(Br)c2)o1. The molecule has 0 aliphatic rings. The van der Waals surface area contributed by atoms with E-state index in [0.29, 0.717) is 11.4 Å². The quantitative estimate of drug-likeness (QED) is 0.917. The number of benzene rings is 1. The highest BCUT2D eigenvalue weighted by molar-refractivity contribution is 9.10. The highest BCUT2D eigenvalue weighted by atomic mass is 79.9. The molecule has 2 aromatic rings. The summed E-state index contributed by atoms with van der Waals surface area (Å²) in [6, 6.07) is 9.40. The predicted molar refractivity (Wildman–Crippen MR) is 72.2 cm³/mol. The minimum atomic E-state index is -0.397. The second kappa shape index (κ2) is 5.25. The lowest BCUT2D eigenvalue weighted by molar-refractivity contribution is 0.187. The Balaban J connectivity index is 2.27. The van der Waals surface area contributed by atoms with Crippen LogP contribution in [0.3, 0.4) is 0 Å². The molecular formula is C13H12BrClO2. The first-order valence-corrected chi connectivity index (χ1v) is 6.45. The number of aliphatic hydroxyl groups is 1. The lowest BCUT2D eigenvalue weighted by Crippen LogP contribution is -2.02. The molecule has 0 saturated carbocycles. The fourth-order valence-electron chi connectivity index (χ4n) is 1.58. The van der Waals surface area contributed by atoms with Gasteiger partial charge in [0.05, 0.1) is 11.1 Å². The average molecular weight is 316 g/mol. The van der Waals surface area contributed by atoms with Gasteiger partial charge in [0.15, 0.2) is 0 Å². The van der Waals surface area contributed by atoms with Crippen LogP contribution in [0.15, 0.2) is 39.2 Å². The van der Waals surface area contributed by atoms with Gasteiger partial charge in [-0.2, -0.15) is 0 Å². The Labute approximate surface area is 113 Å². The maximum absolute atomic E-state index is 9.28. The maximum atomic E-state index is 9.28. The minimum absolute atomic E-state index is 0.397. The van der Waals surface area contributed by atoms with Crippen LogP contribution in [0.2, 0.25) is 5.02 Å². The van der Waals surface area contributed by atoms with E-state index in [9.17, 15) is 5.11 Å². The first-order chi connectivity index (χ1) is 8.06. The summed E-state index contributed by atoms with van der Waals surface area (Å²) in [6.07, 6.45) is 0.125. The summed E-state index contributed by atoms with van der Waals surface area (Å²) in [7, 11) is 0. The molecule has 0 spiro atoms. The van der Waals surface area contributed by atoms with Crippen LogP contribution in [0.1, 0.15) is 12.7 Å². The predicted octanol–water partition coefficient (Wildman–Crippen LogP) is 4.29. The fourth-order valence-corrected chi connectivity index (χ4v) is 2.08. The van der Waals surface area contributed by atoms with Crippen molar-refractivity contribution in [3.63, 3.8) is 0 Å². The molecule has 90 valence electrons. The standard InChI is InChI=1S/C13H12BrClO2/c1-8(16)6-10-3-5-13(17-10)9-2-4-12(15)11(14)7-9/h2-5,7-8,16H,6H2,1H3. The number of furan rings is 1. The summed E-state index contributed by atoms with van der Waals surface area (Å²) in [5.74, 6) is 1.55. The van der Waals surface area contributed by atoms with Gasteiger partial charge in [-0.05, 0) is 53.2 Å². The zero-order valence-electron chi connectivity index (χ0n) is 9.28. The lowest BCUT2D eigenvalue weighted by atomic mass is 10.2. The van der Waals surface area contributed by atoms with Crippen LogP contribution >= 0.6 is 27.5 Å². The van der Waals surface area contributed by atoms with E-state index in [2.05, 4.69) is 15.9 Å². The average Bonchev–Trinajstić information content (AvgIpc) is 2.69. The molecule has 0 amide bonds. The third-order valence-electron chi connectivity index (χ3n) is 2.36. The monoisotopic (exact) mass is 314 g/mol. The van der Waals surface area contributed by atoms with Gasteiger partial charge in [-0.25, -0.2) is 0 Å². The van der Waals surface area contributed by atoms with E-state index < -0.39 is 6.10 Å². The molecule has 2 nitrogen and oxygen atoms in total. The Morgan fingerprint density at radius 3 is 2.76 bits per heavy atom. The molecule has 0 saturated heterocycles. The molecule has 1 N–H and O–H groups in total. The van der Waals surface area contributed by atoms with Crippen molar-refractivity contribution in [2.75, 3.05) is 0 Å². The summed E-state index contributed by atoms with van der Waals surface area (Å²) in [5.41, 5.74) is 0.957. The first-order valence-electron chi connectivity index (χ1n) is 5.28. The summed E-state index contributed by atoms with van der Waals surface area (Å²) >= 11 is 9.31. The molecule has 0 bridgehead atoms. The second-order valence-electron chi connectivity index (χ2n) is 3.95. The van der Waals surface area contributed by atoms with Crippen molar-refractivity contribution >= 4 is 27.5 Å². The van der Waals surface area contributed by atoms with Gasteiger partial charge < -0.3 is 9.52 Å². The van der Waals surface area contributed by atoms with Crippen LogP contribution in [0.4, 0.5) is 0 Å². The van der Waals surface area contributed by atoms with Gasteiger partial charge in [0.2, 0.25) is 0 Å². The van der Waals surface area contributed by atoms with Gasteiger partial charge >= 0.3 is 0 Å². The third-order valence-corrected chi connectivity index (χ3v) is 3.58. The number of aliphatic hydroxyl groups excluding tert-OH is 1. The van der Waals surface area contributed by atoms with Gasteiger partial charge in [0, 0.05) is 16.5 Å². The van der Waals surface area contributed by atoms with E-state index in [1.54, 1.807) is 6.92 Å². The van der Waals surface area contributed by atoms with Crippen LogP contribution in [-0.4, -0.2) is 11.2 Å². The van der Waals surface area contributed by atoms with Crippen LogP contribution < -0.4 is 0 Å². The van der Waals surface area contributed by atoms with Crippen LogP contribution in [0.5, 0.6) is 0 Å². The molecular weight excluding hydrogens is 303 g/mol. The smallest absolute Gasteiger partial charge is 0.134 e. The second-order valence-corrected chi connectivity index (χ2v) is 5.21. The van der Waals surface area contributed by atoms with Crippen LogP contribution in [0.25, 0.3) is 11.3 Å². The molecule has 1 heterocycles. The lowest BCUT2D eigenvalue weighted by Gasteiger charge is -2.01. The van der Waals surface area contributed by atoms with E-state index in [1.165, 1.54) is 0 Å². The molecule has 1 aromatic heterocycles. The van der Waals surface area contributed by atoms with Crippen molar-refractivity contribution in [3.8, 4) is 11.3 Å². The molecule has 17 heavy (non-hydrogen) atoms. The van der Waals surface area contributed by atoms with Crippen LogP contribution in [0, 0.1) is 0 Å². The molecule has 0 fully saturated rings. The number of rotatable bonds is 3. The Bertz CT molecular complexity index is 520. The van der Waals surface area contributed by atoms with Crippen molar-refractivity contribution in [1.29, 1.82) is 0 Å². The third kappa shape index (κ3) is 3.12. The molecule has 0 aliphatic heterocycles. The van der Waals surface area contributed by atoms with Gasteiger partial charge in [0.25, 0.3) is 0 Å². The first kappa shape index (κ1) is 12.7. The zero-order valence-corrected chi connectivity index (χ0v) is 11.6. The minimum Gasteiger partial charge on any atom is -0.461 e. The largest absolute Gasteiger partial charge is 0.461 e. The van der Waals surface area contributed by atoms with Gasteiger partial charge in [-0.15, -0.1) is 0 Å². The maximum Gasteiger partial charge on any atom is 0.134 e. The molecule has 1 aromatic carbocycles. The molecule has 0 radical (unpaired) electrons. The Kier molecular flexibility index (Phi) is 3.92. The molecule has 4 heteroatoms. The van der Waals surface area contributed by atoms with Gasteiger partial charge in [-0.3, -0.25) is 0 Å². The van der Waals surface area contributed by atoms with E-state index >= 15 is 0 Å². The summed E-state index contributed by atoms with van der Waals surface area (Å²) < 4.78 is 6.49. The van der Waals surface area contributed by atoms with Crippen LogP contribution in [-0.2, 0) is 6.42 Å². The summed E-state index contributed by atoms with van der Waals surface area (Å²) in [6.45, 7) is 1.74. The van der Waals surface area contributed by atoms with E-state index in [4.69, 9.17) is 16.0 Å². The topological polar surface area (TPSA) is 33.4 Å². The van der Waals surface area contributed by atoms with Gasteiger partial charge in [-0.1, -0.05) is 11.6 Å². The Hall–Kier alpha value is -0.770. The summed E-state index contributed by atoms with van der Waals surface area (Å²) in [4.78, 5) is 0. The molecule has 2 rings (SSSR count). The number of hydrogen-bond donors (Lipinski definition) is 1. The van der Waals surface area contributed by atoms with Crippen molar-refractivity contribution in [1.82, 2.24) is 0 Å². The van der Waals surface area contributed by atoms with Crippen molar-refractivity contribution in [2.45, 2.75) is 19.4 Å². The molecule has 1 atom stereocenters. The van der Waals surface area contributed by atoms with E-state index in [-0.39, 0.29) is 0 Å². The number of hydrogen-bond acceptors (Lipinski definition) is 2. The normalized spacial score (nSPS) is 12.7. The molecule has 0 aliphatic carbocycles. The Morgan fingerprint density at radius 1 is 1.35 bits per heavy atom. The zero-order chi connectivity index (χ0) is 12.4. The highest BCUT2D eigenvalue weighted by Crippen LogP contribution is 2.30. The van der Waals surface area contributed by atoms with E-state index in [1.807, 2.05) is 30.3 Å². The number of halogens is 2. The molecule has 1 unspecified atom stereocenters. The summed E-state index contributed by atoms with van der Waals surface area (Å²) in [5, 5.41) is 9.95. The van der Waals surface area contributed by atoms with Crippen molar-refractivity contribution in [3.05, 3.63) is 45.6 Å². The fraction of sp³-hybridized carbons (Fsp3) is 0.231. The van der Waals surface area contributed by atoms with E-state index in [0.717, 1.165) is 21.6 Å². The Morgan fingerprint density at radius 2 is 2.12 bits per heavy atom.